The van der Waals surface area contributed by atoms with E-state index in [1.54, 1.807) is 12.3 Å². The first kappa shape index (κ1) is 12.0. The maximum Gasteiger partial charge on any atom is 0.253 e. The third-order valence-corrected chi connectivity index (χ3v) is 2.37. The smallest absolute Gasteiger partial charge is 0.253 e. The van der Waals surface area contributed by atoms with E-state index < -0.39 is 0 Å². The Bertz CT molecular complexity index is 621. The van der Waals surface area contributed by atoms with Crippen LogP contribution in [0.2, 0.25) is 0 Å². The summed E-state index contributed by atoms with van der Waals surface area (Å²) in [6.45, 7) is 1.77. The number of nitrogens with zero attached hydrogens (tertiary/aromatic N) is 3. The molecular weight excluding hydrogens is 232 g/mol. The van der Waals surface area contributed by atoms with Crippen LogP contribution >= 0.6 is 0 Å². The molecule has 0 radical (unpaired) electrons. The second kappa shape index (κ2) is 5.22. The van der Waals surface area contributed by atoms with E-state index in [9.17, 15) is 9.59 Å². The van der Waals surface area contributed by atoms with E-state index in [1.807, 2.05) is 13.0 Å². The summed E-state index contributed by atoms with van der Waals surface area (Å²) in [5, 5.41) is 2.65. The highest BCUT2D eigenvalue weighted by atomic mass is 16.2. The van der Waals surface area contributed by atoms with Crippen molar-refractivity contribution in [2.45, 2.75) is 13.5 Å². The Hall–Kier alpha value is -2.50. The van der Waals surface area contributed by atoms with Gasteiger partial charge in [-0.3, -0.25) is 14.2 Å². The summed E-state index contributed by atoms with van der Waals surface area (Å²) in [6.07, 6.45) is 4.31. The largest absolute Gasteiger partial charge is 0.309 e. The molecule has 0 unspecified atom stereocenters. The molecule has 0 aliphatic carbocycles. The first-order valence-electron chi connectivity index (χ1n) is 5.39. The molecule has 0 spiro atoms. The fourth-order valence-electron chi connectivity index (χ4n) is 1.44. The van der Waals surface area contributed by atoms with Crippen molar-refractivity contribution in [2.24, 2.45) is 0 Å². The molecule has 2 heterocycles. The SMILES string of the molecule is Cc1cccnc1NC(=O)Cn1cnccc1=O. The van der Waals surface area contributed by atoms with Crippen molar-refractivity contribution >= 4 is 11.7 Å². The highest BCUT2D eigenvalue weighted by molar-refractivity contribution is 5.90. The highest BCUT2D eigenvalue weighted by Crippen LogP contribution is 2.08. The zero-order valence-electron chi connectivity index (χ0n) is 9.83. The van der Waals surface area contributed by atoms with Gasteiger partial charge in [0.2, 0.25) is 5.91 Å². The summed E-state index contributed by atoms with van der Waals surface area (Å²) in [6, 6.07) is 4.94. The minimum absolute atomic E-state index is 0.0807. The van der Waals surface area contributed by atoms with Crippen molar-refractivity contribution in [2.75, 3.05) is 5.32 Å². The fourth-order valence-corrected chi connectivity index (χ4v) is 1.44. The summed E-state index contributed by atoms with van der Waals surface area (Å²) < 4.78 is 1.23. The van der Waals surface area contributed by atoms with Crippen LogP contribution in [0.3, 0.4) is 0 Å². The quantitative estimate of drug-likeness (QED) is 0.857. The van der Waals surface area contributed by atoms with Crippen LogP contribution in [0.4, 0.5) is 5.82 Å². The number of carbonyl (C=O) groups excluding carboxylic acids is 1. The number of anilines is 1. The zero-order valence-corrected chi connectivity index (χ0v) is 9.83. The van der Waals surface area contributed by atoms with E-state index in [1.165, 1.54) is 23.2 Å². The molecule has 0 aromatic carbocycles. The van der Waals surface area contributed by atoms with Gasteiger partial charge in [0.25, 0.3) is 5.56 Å². The number of rotatable bonds is 3. The summed E-state index contributed by atoms with van der Waals surface area (Å²) in [4.78, 5) is 31.0. The first-order valence-corrected chi connectivity index (χ1v) is 5.39. The van der Waals surface area contributed by atoms with Gasteiger partial charge in [-0.25, -0.2) is 9.97 Å². The third-order valence-electron chi connectivity index (χ3n) is 2.37. The van der Waals surface area contributed by atoms with Crippen molar-refractivity contribution < 1.29 is 4.79 Å². The molecule has 6 nitrogen and oxygen atoms in total. The predicted molar refractivity (Wildman–Crippen MR) is 66.1 cm³/mol. The number of amides is 1. The van der Waals surface area contributed by atoms with Gasteiger partial charge >= 0.3 is 0 Å². The van der Waals surface area contributed by atoms with Gasteiger partial charge in [-0.1, -0.05) is 6.07 Å². The molecule has 2 rings (SSSR count). The van der Waals surface area contributed by atoms with E-state index >= 15 is 0 Å². The van der Waals surface area contributed by atoms with Gasteiger partial charge in [-0.2, -0.15) is 0 Å². The predicted octanol–water partition coefficient (Wildman–Crippen LogP) is 0.585. The van der Waals surface area contributed by atoms with Gasteiger partial charge in [0, 0.05) is 18.5 Å². The summed E-state index contributed by atoms with van der Waals surface area (Å²) in [5.41, 5.74) is 0.599. The summed E-state index contributed by atoms with van der Waals surface area (Å²) >= 11 is 0. The zero-order chi connectivity index (χ0) is 13.0. The number of hydrogen-bond donors (Lipinski definition) is 1. The van der Waals surface area contributed by atoms with Gasteiger partial charge in [0.15, 0.2) is 0 Å². The molecule has 0 bridgehead atoms. The van der Waals surface area contributed by atoms with E-state index in [0.29, 0.717) is 5.82 Å². The number of pyridine rings is 1. The second-order valence-electron chi connectivity index (χ2n) is 3.76. The topological polar surface area (TPSA) is 76.9 Å². The molecule has 0 saturated carbocycles. The average Bonchev–Trinajstić information content (AvgIpc) is 2.35. The Labute approximate surface area is 103 Å². The van der Waals surface area contributed by atoms with Crippen LogP contribution in [0, 0.1) is 6.92 Å². The number of carbonyl (C=O) groups is 1. The molecule has 18 heavy (non-hydrogen) atoms. The number of nitrogens with one attached hydrogen (secondary N) is 1. The molecule has 1 N–H and O–H groups in total. The molecule has 2 aromatic heterocycles. The van der Waals surface area contributed by atoms with Gasteiger partial charge in [-0.05, 0) is 18.6 Å². The van der Waals surface area contributed by atoms with Crippen molar-refractivity contribution in [1.82, 2.24) is 14.5 Å². The van der Waals surface area contributed by atoms with Crippen molar-refractivity contribution in [3.63, 3.8) is 0 Å². The number of aromatic nitrogens is 3. The maximum atomic E-state index is 11.7. The molecular formula is C12H12N4O2. The van der Waals surface area contributed by atoms with Crippen molar-refractivity contribution in [3.8, 4) is 0 Å². The Morgan fingerprint density at radius 1 is 1.39 bits per heavy atom. The van der Waals surface area contributed by atoms with Crippen LogP contribution in [0.1, 0.15) is 5.56 Å². The van der Waals surface area contributed by atoms with Gasteiger partial charge < -0.3 is 5.32 Å². The lowest BCUT2D eigenvalue weighted by atomic mass is 10.3. The van der Waals surface area contributed by atoms with Gasteiger partial charge in [0.05, 0.1) is 6.33 Å². The van der Waals surface area contributed by atoms with E-state index in [4.69, 9.17) is 0 Å². The van der Waals surface area contributed by atoms with E-state index in [2.05, 4.69) is 15.3 Å². The molecule has 0 atom stereocenters. The van der Waals surface area contributed by atoms with Crippen LogP contribution in [0.15, 0.2) is 41.7 Å². The molecule has 0 aliphatic heterocycles. The molecule has 0 fully saturated rings. The van der Waals surface area contributed by atoms with Crippen LogP contribution in [-0.4, -0.2) is 20.4 Å². The minimum Gasteiger partial charge on any atom is -0.309 e. The molecule has 6 heteroatoms. The van der Waals surface area contributed by atoms with E-state index in [0.717, 1.165) is 5.56 Å². The van der Waals surface area contributed by atoms with Crippen LogP contribution in [-0.2, 0) is 11.3 Å². The number of hydrogen-bond acceptors (Lipinski definition) is 4. The molecule has 2 aromatic rings. The second-order valence-corrected chi connectivity index (χ2v) is 3.76. The average molecular weight is 244 g/mol. The summed E-state index contributed by atoms with van der Waals surface area (Å²) in [7, 11) is 0. The van der Waals surface area contributed by atoms with Crippen molar-refractivity contribution in [3.05, 3.63) is 52.8 Å². The standard InChI is InChI=1S/C12H12N4O2/c1-9-3-2-5-14-12(9)15-10(17)7-16-8-13-6-4-11(16)18/h2-6,8H,7H2,1H3,(H,14,15,17). The Kier molecular flexibility index (Phi) is 3.47. The molecule has 92 valence electrons. The lowest BCUT2D eigenvalue weighted by Crippen LogP contribution is -2.27. The lowest BCUT2D eigenvalue weighted by Gasteiger charge is -2.07. The van der Waals surface area contributed by atoms with Crippen LogP contribution < -0.4 is 10.9 Å². The number of aryl methyl sites for hydroxylation is 1. The highest BCUT2D eigenvalue weighted by Gasteiger charge is 2.06. The molecule has 1 amide bonds. The maximum absolute atomic E-state index is 11.7. The monoisotopic (exact) mass is 244 g/mol. The summed E-state index contributed by atoms with van der Waals surface area (Å²) in [5.74, 6) is 0.186. The normalized spacial score (nSPS) is 10.1. The van der Waals surface area contributed by atoms with Crippen molar-refractivity contribution in [1.29, 1.82) is 0 Å². The molecule has 0 saturated heterocycles. The van der Waals surface area contributed by atoms with Gasteiger partial charge in [-0.15, -0.1) is 0 Å². The van der Waals surface area contributed by atoms with Crippen LogP contribution in [0.25, 0.3) is 0 Å². The minimum atomic E-state index is -0.313. The Morgan fingerprint density at radius 2 is 2.22 bits per heavy atom. The Balaban J connectivity index is 2.09. The van der Waals surface area contributed by atoms with Gasteiger partial charge in [0.1, 0.15) is 12.4 Å². The fraction of sp³-hybridized carbons (Fsp3) is 0.167. The first-order chi connectivity index (χ1) is 8.66. The third kappa shape index (κ3) is 2.79. The van der Waals surface area contributed by atoms with Crippen LogP contribution in [0.5, 0.6) is 0 Å². The Morgan fingerprint density at radius 3 is 2.94 bits per heavy atom. The lowest BCUT2D eigenvalue weighted by molar-refractivity contribution is -0.116. The van der Waals surface area contributed by atoms with E-state index in [-0.39, 0.29) is 18.0 Å². The molecule has 0 aliphatic rings.